The zero-order valence-corrected chi connectivity index (χ0v) is 15.6. The van der Waals surface area contributed by atoms with Crippen molar-refractivity contribution in [1.82, 2.24) is 9.97 Å². The maximum Gasteiger partial charge on any atom is 0.227 e. The molecule has 0 bridgehead atoms. The molecule has 0 spiro atoms. The van der Waals surface area contributed by atoms with Gasteiger partial charge in [0.15, 0.2) is 0 Å². The van der Waals surface area contributed by atoms with Crippen LogP contribution in [0.4, 0.5) is 17.5 Å². The Balaban J connectivity index is 1.67. The van der Waals surface area contributed by atoms with E-state index in [0.29, 0.717) is 0 Å². The van der Waals surface area contributed by atoms with Gasteiger partial charge in [0.05, 0.1) is 0 Å². The molecule has 0 saturated carbocycles. The number of unbranched alkanes of at least 4 members (excludes halogenated alkanes) is 1. The molecule has 2 heterocycles. The van der Waals surface area contributed by atoms with Gasteiger partial charge in [0.1, 0.15) is 5.82 Å². The maximum atomic E-state index is 4.83. The monoisotopic (exact) mass is 339 g/mol. The van der Waals surface area contributed by atoms with Crippen LogP contribution < -0.4 is 14.7 Å². The minimum Gasteiger partial charge on any atom is -0.368 e. The summed E-state index contributed by atoms with van der Waals surface area (Å²) in [4.78, 5) is 16.4. The van der Waals surface area contributed by atoms with E-state index in [9.17, 15) is 0 Å². The van der Waals surface area contributed by atoms with Crippen LogP contribution in [-0.2, 0) is 0 Å². The van der Waals surface area contributed by atoms with Crippen molar-refractivity contribution in [3.8, 4) is 0 Å². The van der Waals surface area contributed by atoms with Gasteiger partial charge < -0.3 is 14.7 Å². The second kappa shape index (κ2) is 8.19. The molecule has 0 atom stereocenters. The average Bonchev–Trinajstić information content (AvgIpc) is 2.66. The van der Waals surface area contributed by atoms with Crippen LogP contribution in [-0.4, -0.2) is 49.7 Å². The molecule has 5 nitrogen and oxygen atoms in total. The maximum absolute atomic E-state index is 4.83. The first-order valence-electron chi connectivity index (χ1n) is 9.29. The van der Waals surface area contributed by atoms with E-state index >= 15 is 0 Å². The SMILES string of the molecule is CCCCN(C)c1nc(C)cc(N2CCN(c3ccccc3)CC2)n1. The summed E-state index contributed by atoms with van der Waals surface area (Å²) in [5.74, 6) is 1.90. The number of benzene rings is 1. The standard InChI is InChI=1S/C20H29N5/c1-4-5-11-23(3)20-21-17(2)16-19(22-20)25-14-12-24(13-15-25)18-9-7-6-8-10-18/h6-10,16H,4-5,11-15H2,1-3H3. The molecule has 25 heavy (non-hydrogen) atoms. The number of hydrogen-bond acceptors (Lipinski definition) is 5. The zero-order valence-electron chi connectivity index (χ0n) is 15.6. The van der Waals surface area contributed by atoms with E-state index in [2.05, 4.69) is 77.0 Å². The molecular formula is C20H29N5. The lowest BCUT2D eigenvalue weighted by atomic mass is 10.2. The van der Waals surface area contributed by atoms with Crippen LogP contribution in [0.3, 0.4) is 0 Å². The first-order valence-corrected chi connectivity index (χ1v) is 9.29. The molecule has 0 amide bonds. The fourth-order valence-corrected chi connectivity index (χ4v) is 3.20. The van der Waals surface area contributed by atoms with Crippen LogP contribution in [0.1, 0.15) is 25.5 Å². The number of hydrogen-bond donors (Lipinski definition) is 0. The molecule has 134 valence electrons. The van der Waals surface area contributed by atoms with Crippen molar-refractivity contribution in [3.05, 3.63) is 42.1 Å². The molecule has 1 aromatic heterocycles. The van der Waals surface area contributed by atoms with Crippen LogP contribution in [0.2, 0.25) is 0 Å². The van der Waals surface area contributed by atoms with E-state index in [0.717, 1.165) is 50.2 Å². The molecule has 5 heteroatoms. The lowest BCUT2D eigenvalue weighted by molar-refractivity contribution is 0.645. The van der Waals surface area contributed by atoms with Gasteiger partial charge >= 0.3 is 0 Å². The number of nitrogens with zero attached hydrogens (tertiary/aromatic N) is 5. The van der Waals surface area contributed by atoms with E-state index in [1.165, 1.54) is 18.5 Å². The predicted molar refractivity (Wildman–Crippen MR) is 106 cm³/mol. The van der Waals surface area contributed by atoms with Gasteiger partial charge in [0, 0.05) is 57.2 Å². The van der Waals surface area contributed by atoms with E-state index in [4.69, 9.17) is 4.98 Å². The smallest absolute Gasteiger partial charge is 0.227 e. The summed E-state index contributed by atoms with van der Waals surface area (Å²) in [5.41, 5.74) is 2.34. The third-order valence-electron chi connectivity index (χ3n) is 4.74. The molecule has 0 N–H and O–H groups in total. The highest BCUT2D eigenvalue weighted by Crippen LogP contribution is 2.21. The summed E-state index contributed by atoms with van der Waals surface area (Å²) in [7, 11) is 2.08. The number of anilines is 3. The van der Waals surface area contributed by atoms with Crippen molar-refractivity contribution >= 4 is 17.5 Å². The largest absolute Gasteiger partial charge is 0.368 e. The van der Waals surface area contributed by atoms with E-state index in [1.54, 1.807) is 0 Å². The molecule has 0 unspecified atom stereocenters. The van der Waals surface area contributed by atoms with Gasteiger partial charge in [-0.15, -0.1) is 0 Å². The molecule has 1 saturated heterocycles. The normalized spacial score (nSPS) is 14.7. The first kappa shape index (κ1) is 17.5. The van der Waals surface area contributed by atoms with E-state index < -0.39 is 0 Å². The number of aryl methyl sites for hydroxylation is 1. The summed E-state index contributed by atoms with van der Waals surface area (Å²) >= 11 is 0. The molecule has 0 aliphatic carbocycles. The second-order valence-electron chi connectivity index (χ2n) is 6.75. The summed E-state index contributed by atoms with van der Waals surface area (Å²) in [6, 6.07) is 12.8. The molecule has 3 rings (SSSR count). The van der Waals surface area contributed by atoms with Gasteiger partial charge in [-0.25, -0.2) is 4.98 Å². The van der Waals surface area contributed by atoms with E-state index in [1.807, 2.05) is 0 Å². The number of piperazine rings is 1. The number of rotatable bonds is 6. The summed E-state index contributed by atoms with van der Waals surface area (Å²) in [6.07, 6.45) is 2.35. The molecule has 0 radical (unpaired) electrons. The van der Waals surface area contributed by atoms with Crippen molar-refractivity contribution in [1.29, 1.82) is 0 Å². The van der Waals surface area contributed by atoms with Crippen LogP contribution in [0.5, 0.6) is 0 Å². The zero-order chi connectivity index (χ0) is 17.6. The summed E-state index contributed by atoms with van der Waals surface area (Å²) < 4.78 is 0. The summed E-state index contributed by atoms with van der Waals surface area (Å²) in [6.45, 7) is 9.29. The molecule has 1 fully saturated rings. The molecule has 1 aliphatic heterocycles. The van der Waals surface area contributed by atoms with Crippen molar-refractivity contribution in [2.45, 2.75) is 26.7 Å². The molecular weight excluding hydrogens is 310 g/mol. The third-order valence-corrected chi connectivity index (χ3v) is 4.74. The molecule has 2 aromatic rings. The van der Waals surface area contributed by atoms with Crippen molar-refractivity contribution in [2.75, 3.05) is 54.5 Å². The Labute approximate surface area is 151 Å². The second-order valence-corrected chi connectivity index (χ2v) is 6.75. The van der Waals surface area contributed by atoms with E-state index in [-0.39, 0.29) is 0 Å². The quantitative estimate of drug-likeness (QED) is 0.806. The predicted octanol–water partition coefficient (Wildman–Crippen LogP) is 3.35. The Kier molecular flexibility index (Phi) is 5.74. The molecule has 1 aliphatic rings. The highest BCUT2D eigenvalue weighted by molar-refractivity contribution is 5.50. The van der Waals surface area contributed by atoms with Gasteiger partial charge in [-0.3, -0.25) is 0 Å². The van der Waals surface area contributed by atoms with Crippen molar-refractivity contribution in [2.24, 2.45) is 0 Å². The van der Waals surface area contributed by atoms with Gasteiger partial charge in [-0.1, -0.05) is 31.5 Å². The average molecular weight is 339 g/mol. The van der Waals surface area contributed by atoms with Gasteiger partial charge in [-0.05, 0) is 25.5 Å². The van der Waals surface area contributed by atoms with Crippen molar-refractivity contribution in [3.63, 3.8) is 0 Å². The molecule has 1 aromatic carbocycles. The fraction of sp³-hybridized carbons (Fsp3) is 0.500. The Morgan fingerprint density at radius 1 is 1.00 bits per heavy atom. The van der Waals surface area contributed by atoms with Crippen LogP contribution in [0, 0.1) is 6.92 Å². The van der Waals surface area contributed by atoms with Crippen LogP contribution in [0.15, 0.2) is 36.4 Å². The first-order chi connectivity index (χ1) is 12.2. The topological polar surface area (TPSA) is 35.5 Å². The Bertz CT molecular complexity index is 665. The highest BCUT2D eigenvalue weighted by atomic mass is 15.3. The Morgan fingerprint density at radius 2 is 1.68 bits per heavy atom. The van der Waals surface area contributed by atoms with Gasteiger partial charge in [0.25, 0.3) is 0 Å². The Morgan fingerprint density at radius 3 is 2.36 bits per heavy atom. The van der Waals surface area contributed by atoms with Crippen LogP contribution in [0.25, 0.3) is 0 Å². The van der Waals surface area contributed by atoms with Gasteiger partial charge in [0.2, 0.25) is 5.95 Å². The summed E-state index contributed by atoms with van der Waals surface area (Å²) in [5, 5.41) is 0. The lowest BCUT2D eigenvalue weighted by Gasteiger charge is -2.37. The third kappa shape index (κ3) is 4.41. The number of aromatic nitrogens is 2. The fourth-order valence-electron chi connectivity index (χ4n) is 3.20. The highest BCUT2D eigenvalue weighted by Gasteiger charge is 2.19. The van der Waals surface area contributed by atoms with Crippen molar-refractivity contribution < 1.29 is 0 Å². The van der Waals surface area contributed by atoms with Crippen LogP contribution >= 0.6 is 0 Å². The Hall–Kier alpha value is -2.30. The minimum absolute atomic E-state index is 0.842. The number of para-hydroxylation sites is 1. The minimum atomic E-state index is 0.842. The van der Waals surface area contributed by atoms with Gasteiger partial charge in [-0.2, -0.15) is 4.98 Å². The lowest BCUT2D eigenvalue weighted by Crippen LogP contribution is -2.47.